The van der Waals surface area contributed by atoms with Gasteiger partial charge in [0.1, 0.15) is 6.61 Å². The van der Waals surface area contributed by atoms with Crippen LogP contribution in [0, 0.1) is 5.82 Å². The van der Waals surface area contributed by atoms with Crippen LogP contribution in [0.1, 0.15) is 0 Å². The van der Waals surface area contributed by atoms with Gasteiger partial charge in [-0.05, 0) is 28.1 Å². The molecule has 2 nitrogen and oxygen atoms in total. The number of hydrogen-bond donors (Lipinski definition) is 1. The first-order chi connectivity index (χ1) is 6.16. The van der Waals surface area contributed by atoms with Crippen LogP contribution in [0.25, 0.3) is 0 Å². The molecule has 0 aliphatic rings. The topological polar surface area (TPSA) is 35.2 Å². The van der Waals surface area contributed by atoms with Crippen molar-refractivity contribution in [1.29, 1.82) is 0 Å². The second-order valence-electron chi connectivity index (χ2n) is 2.31. The normalized spacial score (nSPS) is 10.2. The molecular weight excluding hydrogens is 260 g/mol. The molecule has 72 valence electrons. The van der Waals surface area contributed by atoms with Crippen LogP contribution in [0.15, 0.2) is 16.6 Å². The van der Waals surface area contributed by atoms with Crippen LogP contribution in [0.2, 0.25) is 5.02 Å². The molecule has 2 N–H and O–H groups in total. The van der Waals surface area contributed by atoms with Crippen LogP contribution in [-0.2, 0) is 0 Å². The lowest BCUT2D eigenvalue weighted by molar-refractivity contribution is 0.309. The second kappa shape index (κ2) is 4.79. The van der Waals surface area contributed by atoms with Crippen molar-refractivity contribution in [3.8, 4) is 5.75 Å². The van der Waals surface area contributed by atoms with Gasteiger partial charge in [0, 0.05) is 6.54 Å². The van der Waals surface area contributed by atoms with Gasteiger partial charge in [0.25, 0.3) is 0 Å². The van der Waals surface area contributed by atoms with Gasteiger partial charge in [-0.15, -0.1) is 0 Å². The van der Waals surface area contributed by atoms with Crippen molar-refractivity contribution in [2.45, 2.75) is 0 Å². The zero-order valence-corrected chi connectivity index (χ0v) is 9.03. The number of rotatable bonds is 3. The number of nitrogens with two attached hydrogens (primary N) is 1. The highest BCUT2D eigenvalue weighted by atomic mass is 79.9. The Morgan fingerprint density at radius 2 is 2.23 bits per heavy atom. The van der Waals surface area contributed by atoms with E-state index in [1.165, 1.54) is 6.07 Å². The molecule has 13 heavy (non-hydrogen) atoms. The zero-order chi connectivity index (χ0) is 9.84. The van der Waals surface area contributed by atoms with Crippen LogP contribution in [0.4, 0.5) is 4.39 Å². The van der Waals surface area contributed by atoms with Crippen molar-refractivity contribution < 1.29 is 9.13 Å². The molecule has 5 heteroatoms. The number of benzene rings is 1. The van der Waals surface area contributed by atoms with Gasteiger partial charge in [-0.2, -0.15) is 0 Å². The Kier molecular flexibility index (Phi) is 3.96. The maximum Gasteiger partial charge on any atom is 0.184 e. The van der Waals surface area contributed by atoms with Crippen LogP contribution in [0.5, 0.6) is 5.75 Å². The Bertz CT molecular complexity index is 308. The summed E-state index contributed by atoms with van der Waals surface area (Å²) in [6.07, 6.45) is 0. The minimum absolute atomic E-state index is 0.0372. The lowest BCUT2D eigenvalue weighted by atomic mass is 10.3. The average Bonchev–Trinajstić information content (AvgIpc) is 2.12. The van der Waals surface area contributed by atoms with Crippen molar-refractivity contribution >= 4 is 27.5 Å². The highest BCUT2D eigenvalue weighted by molar-refractivity contribution is 9.10. The molecule has 0 aromatic heterocycles. The van der Waals surface area contributed by atoms with Gasteiger partial charge in [-0.1, -0.05) is 11.6 Å². The van der Waals surface area contributed by atoms with Gasteiger partial charge in [0.2, 0.25) is 0 Å². The summed E-state index contributed by atoms with van der Waals surface area (Å²) in [4.78, 5) is 0. The average molecular weight is 269 g/mol. The predicted octanol–water partition coefficient (Wildman–Crippen LogP) is 2.58. The van der Waals surface area contributed by atoms with Crippen LogP contribution < -0.4 is 10.5 Å². The van der Waals surface area contributed by atoms with E-state index >= 15 is 0 Å². The fourth-order valence-corrected chi connectivity index (χ4v) is 1.37. The molecule has 0 unspecified atom stereocenters. The molecule has 0 saturated heterocycles. The van der Waals surface area contributed by atoms with Crippen LogP contribution in [0.3, 0.4) is 0 Å². The Hall–Kier alpha value is -0.320. The molecule has 0 heterocycles. The third kappa shape index (κ3) is 2.56. The summed E-state index contributed by atoms with van der Waals surface area (Å²) in [6, 6.07) is 3.08. The summed E-state index contributed by atoms with van der Waals surface area (Å²) in [5.41, 5.74) is 5.22. The van der Waals surface area contributed by atoms with E-state index in [0.29, 0.717) is 11.0 Å². The van der Waals surface area contributed by atoms with Gasteiger partial charge in [-0.3, -0.25) is 0 Å². The SMILES string of the molecule is NCCOc1c(Br)ccc(Cl)c1F. The Balaban J connectivity index is 2.96. The summed E-state index contributed by atoms with van der Waals surface area (Å²) in [7, 11) is 0. The summed E-state index contributed by atoms with van der Waals surface area (Å²) in [5, 5.41) is 0.0372. The molecular formula is C8H8BrClFNO. The van der Waals surface area contributed by atoms with Crippen molar-refractivity contribution in [3.05, 3.63) is 27.4 Å². The molecule has 0 aliphatic carbocycles. The highest BCUT2D eigenvalue weighted by Gasteiger charge is 2.11. The van der Waals surface area contributed by atoms with Gasteiger partial charge >= 0.3 is 0 Å². The molecule has 0 spiro atoms. The number of halogens is 3. The molecule has 0 atom stereocenters. The van der Waals surface area contributed by atoms with Gasteiger partial charge < -0.3 is 10.5 Å². The summed E-state index contributed by atoms with van der Waals surface area (Å²) < 4.78 is 18.9. The third-order valence-corrected chi connectivity index (χ3v) is 2.28. The first-order valence-electron chi connectivity index (χ1n) is 3.63. The van der Waals surface area contributed by atoms with E-state index in [4.69, 9.17) is 22.1 Å². The molecule has 0 saturated carbocycles. The Morgan fingerprint density at radius 3 is 2.85 bits per heavy atom. The molecule has 1 rings (SSSR count). The van der Waals surface area contributed by atoms with Crippen LogP contribution >= 0.6 is 27.5 Å². The molecule has 1 aromatic carbocycles. The maximum atomic E-state index is 13.3. The summed E-state index contributed by atoms with van der Waals surface area (Å²) in [6.45, 7) is 0.592. The van der Waals surface area contributed by atoms with E-state index in [0.717, 1.165) is 0 Å². The molecule has 0 amide bonds. The fraction of sp³-hybridized carbons (Fsp3) is 0.250. The van der Waals surface area contributed by atoms with E-state index in [1.54, 1.807) is 6.07 Å². The first-order valence-corrected chi connectivity index (χ1v) is 4.80. The molecule has 0 bridgehead atoms. The largest absolute Gasteiger partial charge is 0.488 e. The molecule has 1 aromatic rings. The van der Waals surface area contributed by atoms with E-state index < -0.39 is 5.82 Å². The van der Waals surface area contributed by atoms with E-state index in [2.05, 4.69) is 15.9 Å². The fourth-order valence-electron chi connectivity index (χ4n) is 0.802. The Labute approximate surface area is 89.0 Å². The quantitative estimate of drug-likeness (QED) is 0.855. The highest BCUT2D eigenvalue weighted by Crippen LogP contribution is 2.32. The minimum atomic E-state index is -0.565. The second-order valence-corrected chi connectivity index (χ2v) is 3.57. The monoisotopic (exact) mass is 267 g/mol. The van der Waals surface area contributed by atoms with Gasteiger partial charge in [-0.25, -0.2) is 4.39 Å². The lowest BCUT2D eigenvalue weighted by Crippen LogP contribution is -2.11. The smallest absolute Gasteiger partial charge is 0.184 e. The number of hydrogen-bond acceptors (Lipinski definition) is 2. The minimum Gasteiger partial charge on any atom is -0.488 e. The summed E-state index contributed by atoms with van der Waals surface area (Å²) >= 11 is 8.70. The van der Waals surface area contributed by atoms with Gasteiger partial charge in [0.15, 0.2) is 11.6 Å². The van der Waals surface area contributed by atoms with Crippen LogP contribution in [-0.4, -0.2) is 13.2 Å². The van der Waals surface area contributed by atoms with Crippen molar-refractivity contribution in [2.75, 3.05) is 13.2 Å². The third-order valence-electron chi connectivity index (χ3n) is 1.37. The standard InChI is InChI=1S/C8H8BrClFNO/c9-5-1-2-6(10)7(11)8(5)13-4-3-12/h1-2H,3-4,12H2. The van der Waals surface area contributed by atoms with E-state index in [-0.39, 0.29) is 17.4 Å². The van der Waals surface area contributed by atoms with Crippen molar-refractivity contribution in [1.82, 2.24) is 0 Å². The van der Waals surface area contributed by atoms with Gasteiger partial charge in [0.05, 0.1) is 9.50 Å². The van der Waals surface area contributed by atoms with E-state index in [1.807, 2.05) is 0 Å². The van der Waals surface area contributed by atoms with Crippen molar-refractivity contribution in [3.63, 3.8) is 0 Å². The van der Waals surface area contributed by atoms with E-state index in [9.17, 15) is 4.39 Å². The predicted molar refractivity (Wildman–Crippen MR) is 53.7 cm³/mol. The summed E-state index contributed by atoms with van der Waals surface area (Å²) in [5.74, 6) is -0.456. The molecule has 0 fully saturated rings. The molecule has 0 aliphatic heterocycles. The van der Waals surface area contributed by atoms with Crippen molar-refractivity contribution in [2.24, 2.45) is 5.73 Å². The lowest BCUT2D eigenvalue weighted by Gasteiger charge is -2.08. The zero-order valence-electron chi connectivity index (χ0n) is 6.69. The first kappa shape index (κ1) is 10.8. The number of ether oxygens (including phenoxy) is 1. The maximum absolute atomic E-state index is 13.3. The molecule has 0 radical (unpaired) electrons. The Morgan fingerprint density at radius 1 is 1.54 bits per heavy atom.